The van der Waals surface area contributed by atoms with Gasteiger partial charge >= 0.3 is 0 Å². The van der Waals surface area contributed by atoms with Crippen molar-refractivity contribution >= 4 is 27.5 Å². The summed E-state index contributed by atoms with van der Waals surface area (Å²) in [5, 5.41) is 0.544. The Kier molecular flexibility index (Phi) is 5.31. The minimum atomic E-state index is -3.89. The summed E-state index contributed by atoms with van der Waals surface area (Å²) in [6, 6.07) is 11.5. The molecule has 0 spiro atoms. The minimum absolute atomic E-state index is 0.0145. The summed E-state index contributed by atoms with van der Waals surface area (Å²) < 4.78 is 30.2. The molecular formula is C18H17ClN4O3S. The molecule has 1 heterocycles. The number of primary amides is 1. The first-order valence-electron chi connectivity index (χ1n) is 7.93. The fourth-order valence-electron chi connectivity index (χ4n) is 2.60. The molecule has 0 bridgehead atoms. The zero-order valence-electron chi connectivity index (χ0n) is 14.3. The number of nitrogens with one attached hydrogen (secondary N) is 1. The molecule has 0 aliphatic heterocycles. The lowest BCUT2D eigenvalue weighted by Gasteiger charge is -2.19. The van der Waals surface area contributed by atoms with E-state index >= 15 is 0 Å². The van der Waals surface area contributed by atoms with Crippen LogP contribution in [0.1, 0.15) is 27.8 Å². The van der Waals surface area contributed by atoms with E-state index in [1.54, 1.807) is 48.3 Å². The third-order valence-corrected chi connectivity index (χ3v) is 5.73. The van der Waals surface area contributed by atoms with Gasteiger partial charge in [-0.3, -0.25) is 4.79 Å². The van der Waals surface area contributed by atoms with Gasteiger partial charge in [-0.1, -0.05) is 23.7 Å². The number of aryl methyl sites for hydroxylation is 1. The summed E-state index contributed by atoms with van der Waals surface area (Å²) in [7, 11) is -2.11. The van der Waals surface area contributed by atoms with Gasteiger partial charge in [-0.15, -0.1) is 0 Å². The first-order valence-corrected chi connectivity index (χ1v) is 9.79. The van der Waals surface area contributed by atoms with Crippen LogP contribution in [0.3, 0.4) is 0 Å². The maximum Gasteiger partial charge on any atom is 0.248 e. The van der Waals surface area contributed by atoms with E-state index in [0.29, 0.717) is 16.4 Å². The van der Waals surface area contributed by atoms with Gasteiger partial charge in [-0.25, -0.2) is 13.4 Å². The van der Waals surface area contributed by atoms with Gasteiger partial charge in [0.2, 0.25) is 15.9 Å². The Morgan fingerprint density at radius 2 is 1.78 bits per heavy atom. The third-order valence-electron chi connectivity index (χ3n) is 4.04. The lowest BCUT2D eigenvalue weighted by molar-refractivity contribution is 0.1000. The molecule has 0 saturated heterocycles. The van der Waals surface area contributed by atoms with Crippen LogP contribution in [0, 0.1) is 0 Å². The van der Waals surface area contributed by atoms with E-state index in [-0.39, 0.29) is 10.5 Å². The predicted octanol–water partition coefficient (Wildman–Crippen LogP) is 2.24. The second-order valence-corrected chi connectivity index (χ2v) is 8.04. The van der Waals surface area contributed by atoms with E-state index < -0.39 is 22.0 Å². The van der Waals surface area contributed by atoms with Gasteiger partial charge in [0.25, 0.3) is 0 Å². The fraction of sp³-hybridized carbons (Fsp3) is 0.111. The molecule has 0 aliphatic carbocycles. The molecule has 0 radical (unpaired) electrons. The van der Waals surface area contributed by atoms with Crippen molar-refractivity contribution < 1.29 is 13.2 Å². The molecule has 3 rings (SSSR count). The fourth-order valence-corrected chi connectivity index (χ4v) is 3.91. The topological polar surface area (TPSA) is 107 Å². The van der Waals surface area contributed by atoms with E-state index in [2.05, 4.69) is 9.71 Å². The van der Waals surface area contributed by atoms with Crippen LogP contribution in [0.25, 0.3) is 0 Å². The van der Waals surface area contributed by atoms with Gasteiger partial charge in [0.05, 0.1) is 4.90 Å². The maximum atomic E-state index is 12.9. The van der Waals surface area contributed by atoms with Crippen molar-refractivity contribution in [2.45, 2.75) is 10.9 Å². The van der Waals surface area contributed by atoms with Crippen LogP contribution in [0.4, 0.5) is 0 Å². The molecule has 3 N–H and O–H groups in total. The molecule has 1 amide bonds. The van der Waals surface area contributed by atoms with Crippen LogP contribution in [-0.4, -0.2) is 23.9 Å². The minimum Gasteiger partial charge on any atom is -0.366 e. The zero-order valence-corrected chi connectivity index (χ0v) is 15.9. The number of nitrogens with zero attached hydrogens (tertiary/aromatic N) is 2. The van der Waals surface area contributed by atoms with E-state index in [4.69, 9.17) is 17.3 Å². The van der Waals surface area contributed by atoms with Gasteiger partial charge < -0.3 is 10.3 Å². The highest BCUT2D eigenvalue weighted by atomic mass is 35.5. The normalized spacial score (nSPS) is 12.7. The number of carbonyl (C=O) groups is 1. The largest absolute Gasteiger partial charge is 0.366 e. The first-order chi connectivity index (χ1) is 12.8. The van der Waals surface area contributed by atoms with Crippen molar-refractivity contribution in [3.8, 4) is 0 Å². The van der Waals surface area contributed by atoms with E-state index in [1.807, 2.05) is 0 Å². The van der Waals surface area contributed by atoms with Crippen LogP contribution in [0.5, 0.6) is 0 Å². The summed E-state index contributed by atoms with van der Waals surface area (Å²) >= 11 is 5.94. The number of rotatable bonds is 6. The second kappa shape index (κ2) is 7.51. The predicted molar refractivity (Wildman–Crippen MR) is 102 cm³/mol. The highest BCUT2D eigenvalue weighted by Gasteiger charge is 2.25. The van der Waals surface area contributed by atoms with Crippen molar-refractivity contribution in [1.82, 2.24) is 14.3 Å². The van der Waals surface area contributed by atoms with Crippen molar-refractivity contribution in [3.05, 3.63) is 82.9 Å². The molecule has 9 heteroatoms. The lowest BCUT2D eigenvalue weighted by atomic mass is 10.1. The Labute approximate surface area is 161 Å². The average molecular weight is 405 g/mol. The van der Waals surface area contributed by atoms with Gasteiger partial charge in [0.15, 0.2) is 0 Å². The van der Waals surface area contributed by atoms with Crippen LogP contribution in [0.15, 0.2) is 65.8 Å². The average Bonchev–Trinajstić information content (AvgIpc) is 3.06. The van der Waals surface area contributed by atoms with Crippen LogP contribution in [0.2, 0.25) is 5.02 Å². The molecule has 140 valence electrons. The molecule has 1 atom stereocenters. The number of aromatic nitrogens is 2. The molecule has 27 heavy (non-hydrogen) atoms. The molecule has 0 fully saturated rings. The van der Waals surface area contributed by atoms with E-state index in [1.165, 1.54) is 24.3 Å². The van der Waals surface area contributed by atoms with Crippen LogP contribution < -0.4 is 10.5 Å². The first kappa shape index (κ1) is 19.1. The molecule has 2 aromatic carbocycles. The smallest absolute Gasteiger partial charge is 0.248 e. The summed E-state index contributed by atoms with van der Waals surface area (Å²) in [5.74, 6) is -0.103. The molecule has 7 nitrogen and oxygen atoms in total. The quantitative estimate of drug-likeness (QED) is 0.656. The van der Waals surface area contributed by atoms with Gasteiger partial charge in [-0.05, 0) is 42.0 Å². The van der Waals surface area contributed by atoms with Gasteiger partial charge in [0.1, 0.15) is 11.9 Å². The Bertz CT molecular complexity index is 1060. The number of amides is 1. The Morgan fingerprint density at radius 1 is 1.15 bits per heavy atom. The van der Waals surface area contributed by atoms with Crippen molar-refractivity contribution in [3.63, 3.8) is 0 Å². The van der Waals surface area contributed by atoms with E-state index in [9.17, 15) is 13.2 Å². The highest BCUT2D eigenvalue weighted by Crippen LogP contribution is 2.25. The summed E-state index contributed by atoms with van der Waals surface area (Å²) in [6.45, 7) is 0. The number of carbonyl (C=O) groups excluding carboxylic acids is 1. The summed E-state index contributed by atoms with van der Waals surface area (Å²) in [5.41, 5.74) is 6.11. The Morgan fingerprint density at radius 3 is 2.30 bits per heavy atom. The number of sulfonamides is 1. The van der Waals surface area contributed by atoms with Crippen LogP contribution >= 0.6 is 11.6 Å². The summed E-state index contributed by atoms with van der Waals surface area (Å²) in [4.78, 5) is 15.5. The SMILES string of the molecule is Cn1ccnc1[C@H](NS(=O)(=O)c1ccc(C(N)=O)cc1)c1ccc(Cl)cc1. The molecular weight excluding hydrogens is 388 g/mol. The standard InChI is InChI=1S/C18H17ClN4O3S/c1-23-11-10-21-18(23)16(12-2-6-14(19)7-3-12)22-27(25,26)15-8-4-13(5-9-15)17(20)24/h2-11,16,22H,1H3,(H2,20,24)/t16-/m1/s1. The molecule has 0 aliphatic rings. The van der Waals surface area contributed by atoms with Crippen molar-refractivity contribution in [2.75, 3.05) is 0 Å². The van der Waals surface area contributed by atoms with Gasteiger partial charge in [-0.2, -0.15) is 4.72 Å². The van der Waals surface area contributed by atoms with Gasteiger partial charge in [0, 0.05) is 30.0 Å². The van der Waals surface area contributed by atoms with Crippen LogP contribution in [-0.2, 0) is 17.1 Å². The number of halogens is 1. The zero-order chi connectivity index (χ0) is 19.6. The number of imidazole rings is 1. The molecule has 1 aromatic heterocycles. The monoisotopic (exact) mass is 404 g/mol. The molecule has 0 saturated carbocycles. The van der Waals surface area contributed by atoms with E-state index in [0.717, 1.165) is 0 Å². The third kappa shape index (κ3) is 4.19. The number of hydrogen-bond acceptors (Lipinski definition) is 4. The Hall–Kier alpha value is -2.68. The van der Waals surface area contributed by atoms with Crippen molar-refractivity contribution in [2.24, 2.45) is 12.8 Å². The summed E-state index contributed by atoms with van der Waals surface area (Å²) in [6.07, 6.45) is 3.32. The number of nitrogens with two attached hydrogens (primary N) is 1. The lowest BCUT2D eigenvalue weighted by Crippen LogP contribution is -2.31. The van der Waals surface area contributed by atoms with Crippen molar-refractivity contribution in [1.29, 1.82) is 0 Å². The maximum absolute atomic E-state index is 12.9. The molecule has 3 aromatic rings. The second-order valence-electron chi connectivity index (χ2n) is 5.89. The highest BCUT2D eigenvalue weighted by molar-refractivity contribution is 7.89. The number of benzene rings is 2. The Balaban J connectivity index is 1.99. The molecule has 0 unspecified atom stereocenters. The number of hydrogen-bond donors (Lipinski definition) is 2.